The van der Waals surface area contributed by atoms with E-state index in [1.807, 2.05) is 111 Å². The second-order valence-corrected chi connectivity index (χ2v) is 11.5. The number of ether oxygens (including phenoxy) is 1. The van der Waals surface area contributed by atoms with Crippen LogP contribution in [0.5, 0.6) is 0 Å². The van der Waals surface area contributed by atoms with E-state index >= 15 is 0 Å². The first kappa shape index (κ1) is 34.9. The van der Waals surface area contributed by atoms with E-state index in [2.05, 4.69) is 10.3 Å². The highest BCUT2D eigenvalue weighted by Crippen LogP contribution is 2.30. The molecule has 1 aromatic heterocycles. The van der Waals surface area contributed by atoms with E-state index in [0.29, 0.717) is 16.3 Å². The van der Waals surface area contributed by atoms with Crippen molar-refractivity contribution in [2.75, 3.05) is 17.3 Å². The molecule has 0 unspecified atom stereocenters. The number of para-hydroxylation sites is 2. The van der Waals surface area contributed by atoms with Gasteiger partial charge in [-0.2, -0.15) is 0 Å². The van der Waals surface area contributed by atoms with Crippen molar-refractivity contribution in [2.24, 2.45) is 0 Å². The molecule has 0 aliphatic rings. The zero-order valence-electron chi connectivity index (χ0n) is 26.5. The third-order valence-corrected chi connectivity index (χ3v) is 7.96. The summed E-state index contributed by atoms with van der Waals surface area (Å²) in [6.07, 6.45) is 1.77. The molecule has 5 rings (SSSR count). The molecule has 0 fully saturated rings. The van der Waals surface area contributed by atoms with Crippen LogP contribution in [-0.2, 0) is 20.7 Å². The molecule has 47 heavy (non-hydrogen) atoms. The molecule has 1 atom stereocenters. The van der Waals surface area contributed by atoms with Gasteiger partial charge in [0.15, 0.2) is 0 Å². The van der Waals surface area contributed by atoms with E-state index in [1.54, 1.807) is 30.2 Å². The lowest BCUT2D eigenvalue weighted by Crippen LogP contribution is -2.45. The first-order chi connectivity index (χ1) is 22.6. The highest BCUT2D eigenvalue weighted by atomic mass is 35.5. The van der Waals surface area contributed by atoms with E-state index in [-0.39, 0.29) is 23.4 Å². The normalized spacial score (nSPS) is 11.0. The zero-order valence-corrected chi connectivity index (χ0v) is 28.0. The molecule has 1 heterocycles. The fourth-order valence-corrected chi connectivity index (χ4v) is 5.40. The van der Waals surface area contributed by atoms with Crippen LogP contribution in [0.25, 0.3) is 11.1 Å². The van der Waals surface area contributed by atoms with Crippen LogP contribution < -0.4 is 10.2 Å². The number of carbonyl (C=O) groups excluding carboxylic acids is 3. The van der Waals surface area contributed by atoms with Gasteiger partial charge in [-0.1, -0.05) is 102 Å². The quantitative estimate of drug-likeness (QED) is 0.132. The Morgan fingerprint density at radius 3 is 2.09 bits per heavy atom. The van der Waals surface area contributed by atoms with Crippen molar-refractivity contribution >= 4 is 52.4 Å². The van der Waals surface area contributed by atoms with E-state index in [9.17, 15) is 14.4 Å². The fourth-order valence-electron chi connectivity index (χ4n) is 5.07. The van der Waals surface area contributed by atoms with Crippen molar-refractivity contribution in [1.82, 2.24) is 4.98 Å². The van der Waals surface area contributed by atoms with Crippen LogP contribution in [0.3, 0.4) is 0 Å². The number of nitrogens with zero attached hydrogens (tertiary/aromatic N) is 2. The molecule has 2 amide bonds. The van der Waals surface area contributed by atoms with Crippen molar-refractivity contribution in [1.29, 1.82) is 0 Å². The van der Waals surface area contributed by atoms with Gasteiger partial charge in [0.25, 0.3) is 5.91 Å². The standard InChI is InChI=1S/C20H23NO3.C18H12Cl2N2O/c1-14-9-8-10-15(2)19(14)21(16(3)20(23)24-4)18(22)13-17-11-6-5-7-12-17;19-13-9-7-12(8-10-13)14-4-1-2-6-16(14)22-18(23)15-5-3-11-21-17(15)20/h5-12,16H,13H2,1-4H3;1-11H,(H,22,23)/t16-;/m1./s1. The van der Waals surface area contributed by atoms with Gasteiger partial charge in [0, 0.05) is 22.5 Å². The number of methoxy groups -OCH3 is 1. The first-order valence-electron chi connectivity index (χ1n) is 14.9. The predicted octanol–water partition coefficient (Wildman–Crippen LogP) is 8.75. The summed E-state index contributed by atoms with van der Waals surface area (Å²) >= 11 is 11.9. The number of anilines is 2. The lowest BCUT2D eigenvalue weighted by atomic mass is 10.0. The Labute approximate surface area is 285 Å². The average molecular weight is 669 g/mol. The molecule has 0 spiro atoms. The van der Waals surface area contributed by atoms with Crippen molar-refractivity contribution in [3.63, 3.8) is 0 Å². The van der Waals surface area contributed by atoms with Crippen LogP contribution in [-0.4, -0.2) is 35.9 Å². The van der Waals surface area contributed by atoms with Crippen LogP contribution in [0.4, 0.5) is 11.4 Å². The summed E-state index contributed by atoms with van der Waals surface area (Å²) in [4.78, 5) is 43.0. The third kappa shape index (κ3) is 9.06. The summed E-state index contributed by atoms with van der Waals surface area (Å²) in [7, 11) is 1.34. The number of aromatic nitrogens is 1. The summed E-state index contributed by atoms with van der Waals surface area (Å²) in [5.41, 5.74) is 6.48. The summed E-state index contributed by atoms with van der Waals surface area (Å²) in [6.45, 7) is 5.57. The molecular weight excluding hydrogens is 633 g/mol. The van der Waals surface area contributed by atoms with Crippen molar-refractivity contribution in [2.45, 2.75) is 33.2 Å². The molecule has 9 heteroatoms. The number of aryl methyl sites for hydroxylation is 2. The molecule has 1 N–H and O–H groups in total. The second-order valence-electron chi connectivity index (χ2n) is 10.7. The Bertz CT molecular complexity index is 1830. The van der Waals surface area contributed by atoms with Gasteiger partial charge in [-0.05, 0) is 73.4 Å². The maximum absolute atomic E-state index is 13.0. The van der Waals surface area contributed by atoms with Crippen LogP contribution in [0.15, 0.2) is 115 Å². The smallest absolute Gasteiger partial charge is 0.328 e. The Kier molecular flexibility index (Phi) is 12.3. The highest BCUT2D eigenvalue weighted by molar-refractivity contribution is 6.33. The van der Waals surface area contributed by atoms with Gasteiger partial charge in [0.1, 0.15) is 11.2 Å². The number of carbonyl (C=O) groups is 3. The minimum atomic E-state index is -0.689. The summed E-state index contributed by atoms with van der Waals surface area (Å²) in [5.74, 6) is -0.861. The Morgan fingerprint density at radius 1 is 0.809 bits per heavy atom. The minimum absolute atomic E-state index is 0.128. The number of pyridine rings is 1. The number of amides is 2. The van der Waals surface area contributed by atoms with E-state index in [4.69, 9.17) is 27.9 Å². The van der Waals surface area contributed by atoms with Gasteiger partial charge >= 0.3 is 5.97 Å². The average Bonchev–Trinajstić information content (AvgIpc) is 3.07. The van der Waals surface area contributed by atoms with E-state index in [0.717, 1.165) is 33.5 Å². The summed E-state index contributed by atoms with van der Waals surface area (Å²) < 4.78 is 4.86. The van der Waals surface area contributed by atoms with Gasteiger partial charge < -0.3 is 10.1 Å². The van der Waals surface area contributed by atoms with Crippen molar-refractivity contribution in [3.05, 3.63) is 148 Å². The summed E-state index contributed by atoms with van der Waals surface area (Å²) in [5, 5.41) is 3.72. The van der Waals surface area contributed by atoms with Gasteiger partial charge in [-0.25, -0.2) is 9.78 Å². The summed E-state index contributed by atoms with van der Waals surface area (Å²) in [6, 6.07) is 32.9. The van der Waals surface area contributed by atoms with Crippen LogP contribution >= 0.6 is 23.2 Å². The van der Waals surface area contributed by atoms with Crippen LogP contribution in [0.1, 0.15) is 34.0 Å². The zero-order chi connectivity index (χ0) is 33.9. The predicted molar refractivity (Wildman–Crippen MR) is 189 cm³/mol. The second kappa shape index (κ2) is 16.5. The number of hydrogen-bond acceptors (Lipinski definition) is 5. The molecule has 0 aliphatic carbocycles. The Morgan fingerprint density at radius 2 is 1.45 bits per heavy atom. The van der Waals surface area contributed by atoms with Gasteiger partial charge in [-0.15, -0.1) is 0 Å². The molecule has 7 nitrogen and oxygen atoms in total. The number of rotatable bonds is 8. The maximum atomic E-state index is 13.0. The maximum Gasteiger partial charge on any atom is 0.328 e. The lowest BCUT2D eigenvalue weighted by molar-refractivity contribution is -0.143. The van der Waals surface area contributed by atoms with Crippen molar-refractivity contribution < 1.29 is 19.1 Å². The number of esters is 1. The number of nitrogens with one attached hydrogen (secondary N) is 1. The van der Waals surface area contributed by atoms with E-state index < -0.39 is 12.0 Å². The molecule has 0 aliphatic heterocycles. The Hall–Kier alpha value is -4.98. The van der Waals surface area contributed by atoms with Crippen LogP contribution in [0, 0.1) is 13.8 Å². The molecule has 240 valence electrons. The molecule has 0 saturated carbocycles. The molecular formula is C38H35Cl2N3O4. The largest absolute Gasteiger partial charge is 0.467 e. The fraction of sp³-hybridized carbons (Fsp3) is 0.158. The van der Waals surface area contributed by atoms with Crippen molar-refractivity contribution in [3.8, 4) is 11.1 Å². The molecule has 5 aromatic rings. The van der Waals surface area contributed by atoms with Gasteiger partial charge in [0.05, 0.1) is 24.8 Å². The number of benzene rings is 4. The Balaban J connectivity index is 0.000000213. The topological polar surface area (TPSA) is 88.6 Å². The van der Waals surface area contributed by atoms with E-state index in [1.165, 1.54) is 7.11 Å². The number of halogens is 2. The monoisotopic (exact) mass is 667 g/mol. The molecule has 0 radical (unpaired) electrons. The molecule has 0 saturated heterocycles. The highest BCUT2D eigenvalue weighted by Gasteiger charge is 2.30. The molecule has 0 bridgehead atoms. The third-order valence-electron chi connectivity index (χ3n) is 7.41. The van der Waals surface area contributed by atoms with Gasteiger partial charge in [0.2, 0.25) is 5.91 Å². The lowest BCUT2D eigenvalue weighted by Gasteiger charge is -2.30. The number of hydrogen-bond donors (Lipinski definition) is 1. The minimum Gasteiger partial charge on any atom is -0.467 e. The SMILES string of the molecule is COC(=O)[C@@H](C)N(C(=O)Cc1ccccc1)c1c(C)cccc1C.O=C(Nc1ccccc1-c1ccc(Cl)cc1)c1cccnc1Cl. The first-order valence-corrected chi connectivity index (χ1v) is 15.6. The van der Waals surface area contributed by atoms with Crippen LogP contribution in [0.2, 0.25) is 10.2 Å². The molecule has 4 aromatic carbocycles. The van der Waals surface area contributed by atoms with Gasteiger partial charge in [-0.3, -0.25) is 14.5 Å².